The summed E-state index contributed by atoms with van der Waals surface area (Å²) in [6.07, 6.45) is 0. The molecule has 0 aliphatic heterocycles. The molecule has 0 saturated heterocycles. The molecule has 0 aromatic heterocycles. The van der Waals surface area contributed by atoms with Crippen molar-refractivity contribution in [3.05, 3.63) is 94.5 Å². The van der Waals surface area contributed by atoms with Gasteiger partial charge in [-0.05, 0) is 63.6 Å². The molecule has 37 heavy (non-hydrogen) atoms. The van der Waals surface area contributed by atoms with E-state index < -0.39 is 28.5 Å². The molecule has 3 aromatic carbocycles. The molecule has 0 spiro atoms. The number of amides is 2. The van der Waals surface area contributed by atoms with Crippen LogP contribution in [0.1, 0.15) is 30.5 Å². The molecule has 0 saturated carbocycles. The SMILES string of the molecule is CCNC(=O)[C@@H](C)N(Cc1ccc(C)cc1)C(=O)CN(c1cccc(Cl)c1)S(=O)(=O)c1ccc(C)cc1. The maximum atomic E-state index is 13.8. The molecule has 7 nitrogen and oxygen atoms in total. The fourth-order valence-electron chi connectivity index (χ4n) is 3.79. The molecule has 0 fully saturated rings. The number of likely N-dealkylation sites (N-methyl/N-ethyl adjacent to an activating group) is 1. The fourth-order valence-corrected chi connectivity index (χ4v) is 5.38. The van der Waals surface area contributed by atoms with Gasteiger partial charge in [-0.2, -0.15) is 0 Å². The third-order valence-corrected chi connectivity index (χ3v) is 8.00. The topological polar surface area (TPSA) is 86.8 Å². The molecule has 0 heterocycles. The number of aryl methyl sites for hydroxylation is 2. The molecule has 0 bridgehead atoms. The van der Waals surface area contributed by atoms with Crippen molar-refractivity contribution in [2.75, 3.05) is 17.4 Å². The van der Waals surface area contributed by atoms with Crippen molar-refractivity contribution in [3.8, 4) is 0 Å². The molecular formula is C28H32ClN3O4S. The number of benzene rings is 3. The van der Waals surface area contributed by atoms with E-state index in [1.54, 1.807) is 44.2 Å². The van der Waals surface area contributed by atoms with E-state index in [1.807, 2.05) is 38.1 Å². The Labute approximate surface area is 224 Å². The Morgan fingerprint density at radius 1 is 0.946 bits per heavy atom. The number of carbonyl (C=O) groups is 2. The van der Waals surface area contributed by atoms with Crippen molar-refractivity contribution in [1.29, 1.82) is 0 Å². The van der Waals surface area contributed by atoms with Gasteiger partial charge in [-0.3, -0.25) is 13.9 Å². The summed E-state index contributed by atoms with van der Waals surface area (Å²) in [6.45, 7) is 7.30. The maximum Gasteiger partial charge on any atom is 0.264 e. The summed E-state index contributed by atoms with van der Waals surface area (Å²) in [5, 5.41) is 3.08. The molecule has 9 heteroatoms. The average Bonchev–Trinajstić information content (AvgIpc) is 2.86. The van der Waals surface area contributed by atoms with Gasteiger partial charge in [0.1, 0.15) is 12.6 Å². The predicted molar refractivity (Wildman–Crippen MR) is 147 cm³/mol. The summed E-state index contributed by atoms with van der Waals surface area (Å²) < 4.78 is 28.5. The van der Waals surface area contributed by atoms with Gasteiger partial charge in [-0.15, -0.1) is 0 Å². The van der Waals surface area contributed by atoms with Crippen LogP contribution >= 0.6 is 11.6 Å². The number of hydrogen-bond acceptors (Lipinski definition) is 4. The van der Waals surface area contributed by atoms with Crippen molar-refractivity contribution >= 4 is 39.1 Å². The molecular weight excluding hydrogens is 510 g/mol. The van der Waals surface area contributed by atoms with Crippen LogP contribution in [0.25, 0.3) is 0 Å². The smallest absolute Gasteiger partial charge is 0.264 e. The van der Waals surface area contributed by atoms with E-state index in [2.05, 4.69) is 5.32 Å². The van der Waals surface area contributed by atoms with Crippen LogP contribution in [-0.2, 0) is 26.2 Å². The number of halogens is 1. The van der Waals surface area contributed by atoms with Crippen molar-refractivity contribution in [1.82, 2.24) is 10.2 Å². The van der Waals surface area contributed by atoms with Gasteiger partial charge in [-0.25, -0.2) is 8.42 Å². The fraction of sp³-hybridized carbons (Fsp3) is 0.286. The predicted octanol–water partition coefficient (Wildman–Crippen LogP) is 4.71. The number of rotatable bonds is 10. The third kappa shape index (κ3) is 7.11. The highest BCUT2D eigenvalue weighted by Gasteiger charge is 2.32. The second-order valence-corrected chi connectivity index (χ2v) is 11.2. The van der Waals surface area contributed by atoms with Crippen LogP contribution in [0.15, 0.2) is 77.7 Å². The summed E-state index contributed by atoms with van der Waals surface area (Å²) in [5.41, 5.74) is 3.05. The van der Waals surface area contributed by atoms with E-state index in [-0.39, 0.29) is 23.0 Å². The van der Waals surface area contributed by atoms with E-state index in [1.165, 1.54) is 23.1 Å². The Kier molecular flexibility index (Phi) is 9.34. The summed E-state index contributed by atoms with van der Waals surface area (Å²) in [7, 11) is -4.12. The van der Waals surface area contributed by atoms with Crippen LogP contribution in [0.4, 0.5) is 5.69 Å². The zero-order valence-electron chi connectivity index (χ0n) is 21.4. The Balaban J connectivity index is 2.02. The third-order valence-electron chi connectivity index (χ3n) is 5.98. The van der Waals surface area contributed by atoms with Gasteiger partial charge in [0.05, 0.1) is 10.6 Å². The van der Waals surface area contributed by atoms with Gasteiger partial charge in [0, 0.05) is 18.1 Å². The molecule has 1 N–H and O–H groups in total. The minimum absolute atomic E-state index is 0.0488. The van der Waals surface area contributed by atoms with Gasteiger partial charge in [0.15, 0.2) is 0 Å². The minimum Gasteiger partial charge on any atom is -0.355 e. The zero-order valence-corrected chi connectivity index (χ0v) is 23.0. The van der Waals surface area contributed by atoms with Gasteiger partial charge in [0.25, 0.3) is 10.0 Å². The van der Waals surface area contributed by atoms with Crippen LogP contribution in [0, 0.1) is 13.8 Å². The molecule has 3 aromatic rings. The molecule has 0 aliphatic carbocycles. The quantitative estimate of drug-likeness (QED) is 0.403. The maximum absolute atomic E-state index is 13.8. The molecule has 2 amide bonds. The summed E-state index contributed by atoms with van der Waals surface area (Å²) in [6, 6.07) is 19.6. The lowest BCUT2D eigenvalue weighted by molar-refractivity contribution is -0.139. The first-order chi connectivity index (χ1) is 17.5. The van der Waals surface area contributed by atoms with Crippen LogP contribution in [0.2, 0.25) is 5.02 Å². The summed E-state index contributed by atoms with van der Waals surface area (Å²) in [5.74, 6) is -0.839. The Morgan fingerprint density at radius 3 is 2.11 bits per heavy atom. The second-order valence-electron chi connectivity index (χ2n) is 8.88. The molecule has 0 unspecified atom stereocenters. The van der Waals surface area contributed by atoms with E-state index >= 15 is 0 Å². The van der Waals surface area contributed by atoms with Crippen LogP contribution in [0.3, 0.4) is 0 Å². The van der Waals surface area contributed by atoms with Gasteiger partial charge < -0.3 is 10.2 Å². The number of nitrogens with zero attached hydrogens (tertiary/aromatic N) is 2. The first-order valence-corrected chi connectivity index (χ1v) is 13.8. The van der Waals surface area contributed by atoms with E-state index in [0.717, 1.165) is 21.0 Å². The first kappa shape index (κ1) is 28.2. The number of nitrogens with one attached hydrogen (secondary N) is 1. The van der Waals surface area contributed by atoms with E-state index in [0.29, 0.717) is 11.6 Å². The Morgan fingerprint density at radius 2 is 1.54 bits per heavy atom. The van der Waals surface area contributed by atoms with Crippen molar-refractivity contribution in [2.24, 2.45) is 0 Å². The lowest BCUT2D eigenvalue weighted by Gasteiger charge is -2.32. The molecule has 1 atom stereocenters. The van der Waals surface area contributed by atoms with Crippen molar-refractivity contribution in [2.45, 2.75) is 45.2 Å². The van der Waals surface area contributed by atoms with Crippen molar-refractivity contribution in [3.63, 3.8) is 0 Å². The highest BCUT2D eigenvalue weighted by molar-refractivity contribution is 7.92. The highest BCUT2D eigenvalue weighted by atomic mass is 35.5. The number of sulfonamides is 1. The zero-order chi connectivity index (χ0) is 27.2. The molecule has 0 radical (unpaired) electrons. The lowest BCUT2D eigenvalue weighted by Crippen LogP contribution is -2.51. The average molecular weight is 542 g/mol. The van der Waals surface area contributed by atoms with Gasteiger partial charge in [-0.1, -0.05) is 65.2 Å². The lowest BCUT2D eigenvalue weighted by atomic mass is 10.1. The first-order valence-electron chi connectivity index (χ1n) is 12.0. The molecule has 0 aliphatic rings. The van der Waals surface area contributed by atoms with Crippen LogP contribution in [0.5, 0.6) is 0 Å². The standard InChI is InChI=1S/C28H32ClN3O4S/c1-5-30-28(34)22(4)31(18-23-13-9-20(2)10-14-23)27(33)19-32(25-8-6-7-24(29)17-25)37(35,36)26-15-11-21(3)12-16-26/h6-17,22H,5,18-19H2,1-4H3,(H,30,34)/t22-/m1/s1. The number of carbonyl (C=O) groups excluding carboxylic acids is 2. The van der Waals surface area contributed by atoms with Crippen LogP contribution in [-0.4, -0.2) is 44.3 Å². The highest BCUT2D eigenvalue weighted by Crippen LogP contribution is 2.27. The van der Waals surface area contributed by atoms with Crippen molar-refractivity contribution < 1.29 is 18.0 Å². The molecule has 3 rings (SSSR count). The molecule has 196 valence electrons. The van der Waals surface area contributed by atoms with Gasteiger partial charge in [0.2, 0.25) is 11.8 Å². The summed E-state index contributed by atoms with van der Waals surface area (Å²) in [4.78, 5) is 28.0. The Hall–Kier alpha value is -3.36. The largest absolute Gasteiger partial charge is 0.355 e. The number of anilines is 1. The minimum atomic E-state index is -4.12. The second kappa shape index (κ2) is 12.3. The summed E-state index contributed by atoms with van der Waals surface area (Å²) >= 11 is 6.18. The van der Waals surface area contributed by atoms with E-state index in [4.69, 9.17) is 11.6 Å². The Bertz CT molecular complexity index is 1340. The van der Waals surface area contributed by atoms with Gasteiger partial charge >= 0.3 is 0 Å². The monoisotopic (exact) mass is 541 g/mol. The van der Waals surface area contributed by atoms with E-state index in [9.17, 15) is 18.0 Å². The normalized spacial score (nSPS) is 12.0. The number of hydrogen-bond donors (Lipinski definition) is 1. The van der Waals surface area contributed by atoms with Crippen LogP contribution < -0.4 is 9.62 Å².